The predicted molar refractivity (Wildman–Crippen MR) is 68.3 cm³/mol. The molecule has 0 aliphatic carbocycles. The van der Waals surface area contributed by atoms with E-state index in [1.165, 1.54) is 11.8 Å². The van der Waals surface area contributed by atoms with Gasteiger partial charge in [-0.05, 0) is 25.3 Å². The lowest BCUT2D eigenvalue weighted by atomic mass is 10.2. The monoisotopic (exact) mass is 263 g/mol. The summed E-state index contributed by atoms with van der Waals surface area (Å²) in [6.07, 6.45) is 1.94. The van der Waals surface area contributed by atoms with Crippen LogP contribution in [0, 0.1) is 0 Å². The maximum absolute atomic E-state index is 12.1. The first-order valence-electron chi connectivity index (χ1n) is 5.39. The van der Waals surface area contributed by atoms with Crippen LogP contribution in [0.4, 0.5) is 0 Å². The van der Waals surface area contributed by atoms with Crippen molar-refractivity contribution in [1.82, 2.24) is 25.9 Å². The van der Waals surface area contributed by atoms with Crippen LogP contribution in [0.1, 0.15) is 29.1 Å². The largest absolute Gasteiger partial charge is 0.342 e. The highest BCUT2D eigenvalue weighted by atomic mass is 32.2. The Morgan fingerprint density at radius 2 is 2.22 bits per heavy atom. The molecule has 1 heterocycles. The van der Waals surface area contributed by atoms with E-state index in [1.54, 1.807) is 6.07 Å². The van der Waals surface area contributed by atoms with Gasteiger partial charge in [-0.1, -0.05) is 17.3 Å². The molecule has 6 nitrogen and oxygen atoms in total. The van der Waals surface area contributed by atoms with Gasteiger partial charge in [0.1, 0.15) is 0 Å². The van der Waals surface area contributed by atoms with Crippen molar-refractivity contribution in [2.75, 3.05) is 6.26 Å². The minimum Gasteiger partial charge on any atom is -0.342 e. The first-order valence-corrected chi connectivity index (χ1v) is 6.62. The fraction of sp³-hybridized carbons (Fsp3) is 0.273. The molecule has 2 rings (SSSR count). The van der Waals surface area contributed by atoms with Crippen LogP contribution in [-0.4, -0.2) is 32.8 Å². The van der Waals surface area contributed by atoms with Crippen molar-refractivity contribution in [2.24, 2.45) is 0 Å². The molecule has 18 heavy (non-hydrogen) atoms. The molecule has 0 bridgehead atoms. The number of carbonyl (C=O) groups excluding carboxylic acids is 1. The van der Waals surface area contributed by atoms with Crippen molar-refractivity contribution in [3.8, 4) is 0 Å². The molecule has 0 aliphatic rings. The van der Waals surface area contributed by atoms with Crippen molar-refractivity contribution in [3.63, 3.8) is 0 Å². The third kappa shape index (κ3) is 2.67. The zero-order chi connectivity index (χ0) is 13.0. The molecule has 2 aromatic rings. The highest BCUT2D eigenvalue weighted by Gasteiger charge is 2.16. The summed E-state index contributed by atoms with van der Waals surface area (Å²) in [5.74, 6) is 0.322. The van der Waals surface area contributed by atoms with E-state index in [0.717, 1.165) is 4.90 Å². The highest BCUT2D eigenvalue weighted by molar-refractivity contribution is 7.98. The number of amides is 1. The molecule has 1 atom stereocenters. The highest BCUT2D eigenvalue weighted by Crippen LogP contribution is 2.20. The molecule has 0 saturated carbocycles. The summed E-state index contributed by atoms with van der Waals surface area (Å²) in [6, 6.07) is 7.17. The van der Waals surface area contributed by atoms with Crippen molar-refractivity contribution in [3.05, 3.63) is 35.7 Å². The second kappa shape index (κ2) is 5.63. The van der Waals surface area contributed by atoms with Crippen molar-refractivity contribution >= 4 is 17.7 Å². The Hall–Kier alpha value is -1.89. The summed E-state index contributed by atoms with van der Waals surface area (Å²) in [4.78, 5) is 13.1. The molecule has 0 aliphatic heterocycles. The summed E-state index contributed by atoms with van der Waals surface area (Å²) < 4.78 is 0. The minimum atomic E-state index is -0.286. The number of thioether (sulfide) groups is 1. The van der Waals surface area contributed by atoms with Gasteiger partial charge in [-0.15, -0.1) is 22.0 Å². The Morgan fingerprint density at radius 1 is 1.44 bits per heavy atom. The number of H-pyrrole nitrogens is 1. The Balaban J connectivity index is 2.12. The molecule has 7 heteroatoms. The summed E-state index contributed by atoms with van der Waals surface area (Å²) in [7, 11) is 0. The predicted octanol–water partition coefficient (Wildman–Crippen LogP) is 1.41. The molecule has 0 saturated heterocycles. The van der Waals surface area contributed by atoms with E-state index in [-0.39, 0.29) is 11.9 Å². The molecule has 0 spiro atoms. The first kappa shape index (κ1) is 12.6. The van der Waals surface area contributed by atoms with E-state index in [1.807, 2.05) is 31.4 Å². The molecule has 0 fully saturated rings. The third-order valence-electron chi connectivity index (χ3n) is 2.45. The molecule has 0 radical (unpaired) electrons. The minimum absolute atomic E-state index is 0.141. The van der Waals surface area contributed by atoms with E-state index in [4.69, 9.17) is 0 Å². The van der Waals surface area contributed by atoms with Crippen molar-refractivity contribution < 1.29 is 4.79 Å². The standard InChI is InChI=1S/C11H13N5OS/c1-7(10-13-15-16-14-10)12-11(17)8-5-3-4-6-9(8)18-2/h3-7H,1-2H3,(H,12,17)(H,13,14,15,16). The summed E-state index contributed by atoms with van der Waals surface area (Å²) in [5.41, 5.74) is 0.653. The molecule has 1 aromatic heterocycles. The molecule has 1 amide bonds. The van der Waals surface area contributed by atoms with Gasteiger partial charge in [0, 0.05) is 4.90 Å². The summed E-state index contributed by atoms with van der Waals surface area (Å²) >= 11 is 1.54. The fourth-order valence-corrected chi connectivity index (χ4v) is 2.12. The Bertz CT molecular complexity index is 528. The van der Waals surface area contributed by atoms with Gasteiger partial charge in [0.2, 0.25) is 0 Å². The Kier molecular flexibility index (Phi) is 3.93. The van der Waals surface area contributed by atoms with Gasteiger partial charge < -0.3 is 5.32 Å². The van der Waals surface area contributed by atoms with Gasteiger partial charge in [0.25, 0.3) is 5.91 Å². The van der Waals surface area contributed by atoms with Gasteiger partial charge in [0.15, 0.2) is 5.82 Å². The fourth-order valence-electron chi connectivity index (χ4n) is 1.52. The lowest BCUT2D eigenvalue weighted by molar-refractivity contribution is 0.0935. The second-order valence-corrected chi connectivity index (χ2v) is 4.51. The number of benzene rings is 1. The number of aromatic amines is 1. The van der Waals surface area contributed by atoms with Crippen LogP contribution in [-0.2, 0) is 0 Å². The lowest BCUT2D eigenvalue weighted by Crippen LogP contribution is -2.27. The van der Waals surface area contributed by atoms with Crippen LogP contribution in [0.3, 0.4) is 0 Å². The average molecular weight is 263 g/mol. The maximum atomic E-state index is 12.1. The molecule has 2 N–H and O–H groups in total. The first-order chi connectivity index (χ1) is 8.72. The lowest BCUT2D eigenvalue weighted by Gasteiger charge is -2.11. The summed E-state index contributed by atoms with van der Waals surface area (Å²) in [5, 5.41) is 16.3. The van der Waals surface area contributed by atoms with E-state index in [9.17, 15) is 4.79 Å². The van der Waals surface area contributed by atoms with E-state index < -0.39 is 0 Å². The van der Waals surface area contributed by atoms with E-state index >= 15 is 0 Å². The van der Waals surface area contributed by atoms with Gasteiger partial charge in [-0.2, -0.15) is 5.21 Å². The van der Waals surface area contributed by atoms with E-state index in [2.05, 4.69) is 25.9 Å². The number of aromatic nitrogens is 4. The number of nitrogens with one attached hydrogen (secondary N) is 2. The molecule has 1 unspecified atom stereocenters. The Morgan fingerprint density at radius 3 is 2.89 bits per heavy atom. The number of tetrazole rings is 1. The maximum Gasteiger partial charge on any atom is 0.252 e. The smallest absolute Gasteiger partial charge is 0.252 e. The SMILES string of the molecule is CSc1ccccc1C(=O)NC(C)c1nn[nH]n1. The Labute approximate surface area is 109 Å². The zero-order valence-corrected chi connectivity index (χ0v) is 10.9. The van der Waals surface area contributed by atoms with Gasteiger partial charge in [-0.3, -0.25) is 4.79 Å². The van der Waals surface area contributed by atoms with Crippen molar-refractivity contribution in [2.45, 2.75) is 17.9 Å². The van der Waals surface area contributed by atoms with Crippen LogP contribution in [0.25, 0.3) is 0 Å². The number of hydrogen-bond acceptors (Lipinski definition) is 5. The van der Waals surface area contributed by atoms with Crippen LogP contribution in [0.2, 0.25) is 0 Å². The molecular weight excluding hydrogens is 250 g/mol. The summed E-state index contributed by atoms with van der Waals surface area (Å²) in [6.45, 7) is 1.81. The second-order valence-electron chi connectivity index (χ2n) is 3.67. The normalized spacial score (nSPS) is 12.1. The number of hydrogen-bond donors (Lipinski definition) is 2. The topological polar surface area (TPSA) is 83.6 Å². The molecular formula is C11H13N5OS. The average Bonchev–Trinajstić information content (AvgIpc) is 2.92. The number of rotatable bonds is 4. The van der Waals surface area contributed by atoms with Crippen LogP contribution < -0.4 is 5.32 Å². The van der Waals surface area contributed by atoms with E-state index in [0.29, 0.717) is 11.4 Å². The third-order valence-corrected chi connectivity index (χ3v) is 3.24. The number of carbonyl (C=O) groups is 1. The van der Waals surface area contributed by atoms with Crippen LogP contribution in [0.5, 0.6) is 0 Å². The quantitative estimate of drug-likeness (QED) is 0.815. The molecule has 1 aromatic carbocycles. The van der Waals surface area contributed by atoms with Gasteiger partial charge in [-0.25, -0.2) is 0 Å². The molecule has 94 valence electrons. The van der Waals surface area contributed by atoms with Crippen LogP contribution in [0.15, 0.2) is 29.2 Å². The number of nitrogens with zero attached hydrogens (tertiary/aromatic N) is 3. The van der Waals surface area contributed by atoms with Crippen molar-refractivity contribution in [1.29, 1.82) is 0 Å². The van der Waals surface area contributed by atoms with Gasteiger partial charge in [0.05, 0.1) is 11.6 Å². The van der Waals surface area contributed by atoms with Gasteiger partial charge >= 0.3 is 0 Å². The zero-order valence-electron chi connectivity index (χ0n) is 10.0. The van der Waals surface area contributed by atoms with Crippen LogP contribution >= 0.6 is 11.8 Å².